The highest BCUT2D eigenvalue weighted by molar-refractivity contribution is 4.49. The molecule has 1 heterocycles. The fourth-order valence-electron chi connectivity index (χ4n) is 1.42. The largest absolute Gasteiger partial charge is 0.326 e. The van der Waals surface area contributed by atoms with Crippen LogP contribution in [-0.2, 0) is 0 Å². The lowest BCUT2D eigenvalue weighted by Gasteiger charge is -2.26. The molecule has 1 aliphatic heterocycles. The fourth-order valence-corrected chi connectivity index (χ4v) is 1.42. The van der Waals surface area contributed by atoms with Crippen molar-refractivity contribution in [3.05, 3.63) is 0 Å². The second kappa shape index (κ2) is 3.16. The van der Waals surface area contributed by atoms with Crippen LogP contribution in [0.1, 0.15) is 19.8 Å². The van der Waals surface area contributed by atoms with Gasteiger partial charge in [0.1, 0.15) is 0 Å². The Balaban J connectivity index is 0.000000640. The van der Waals surface area contributed by atoms with E-state index in [-0.39, 0.29) is 4.70 Å². The highest BCUT2D eigenvalue weighted by atomic mass is 19.0. The summed E-state index contributed by atoms with van der Waals surface area (Å²) >= 11 is 0. The number of halogens is 1. The van der Waals surface area contributed by atoms with Gasteiger partial charge in [0, 0.05) is 12.8 Å². The van der Waals surface area contributed by atoms with E-state index in [9.17, 15) is 0 Å². The van der Waals surface area contributed by atoms with Gasteiger partial charge in [-0.15, -0.1) is 0 Å². The predicted octanol–water partition coefficient (Wildman–Crippen LogP) is 1.40. The van der Waals surface area contributed by atoms with Gasteiger partial charge in [-0.25, -0.2) is 0 Å². The van der Waals surface area contributed by atoms with E-state index in [1.54, 1.807) is 0 Å². The van der Waals surface area contributed by atoms with Gasteiger partial charge >= 0.3 is 0 Å². The molecule has 1 saturated heterocycles. The first kappa shape index (κ1) is 8.89. The topological polar surface area (TPSA) is 0 Å². The molecule has 0 spiro atoms. The smallest absolute Gasteiger partial charge is 0.0786 e. The molecule has 0 bridgehead atoms. The summed E-state index contributed by atoms with van der Waals surface area (Å²) in [6.45, 7) is 6.43. The van der Waals surface area contributed by atoms with Gasteiger partial charge in [0.2, 0.25) is 0 Å². The van der Waals surface area contributed by atoms with Gasteiger partial charge in [-0.1, -0.05) is 0 Å². The Morgan fingerprint density at radius 3 is 1.89 bits per heavy atom. The molecule has 0 saturated carbocycles. The third-order valence-electron chi connectivity index (χ3n) is 2.41. The van der Waals surface area contributed by atoms with Crippen LogP contribution >= 0.6 is 0 Å². The zero-order chi connectivity index (χ0) is 6.04. The summed E-state index contributed by atoms with van der Waals surface area (Å²) in [6.07, 6.45) is 2.90. The molecule has 0 aromatic rings. The van der Waals surface area contributed by atoms with E-state index >= 15 is 0 Å². The molecule has 0 aromatic carbocycles. The fraction of sp³-hybridized carbons (Fsp3) is 1.00. The summed E-state index contributed by atoms with van der Waals surface area (Å²) in [4.78, 5) is 0. The predicted molar refractivity (Wildman–Crippen MR) is 38.2 cm³/mol. The second-order valence-corrected chi connectivity index (χ2v) is 3.09. The van der Waals surface area contributed by atoms with Crippen molar-refractivity contribution < 1.29 is 9.19 Å². The van der Waals surface area contributed by atoms with Gasteiger partial charge in [0.05, 0.1) is 26.7 Å². The molecule has 0 aliphatic carbocycles. The first-order valence-electron chi connectivity index (χ1n) is 3.60. The number of rotatable bonds is 1. The zero-order valence-electron chi connectivity index (χ0n) is 6.39. The third-order valence-corrected chi connectivity index (χ3v) is 2.41. The second-order valence-electron chi connectivity index (χ2n) is 3.09. The minimum Gasteiger partial charge on any atom is -0.326 e. The van der Waals surface area contributed by atoms with Crippen LogP contribution in [0.4, 0.5) is 4.70 Å². The van der Waals surface area contributed by atoms with Crippen molar-refractivity contribution in [2.45, 2.75) is 19.8 Å². The van der Waals surface area contributed by atoms with Crippen molar-refractivity contribution >= 4 is 0 Å². The summed E-state index contributed by atoms with van der Waals surface area (Å²) in [7, 11) is 2.35. The zero-order valence-corrected chi connectivity index (χ0v) is 6.39. The number of hydrogen-bond acceptors (Lipinski definition) is 0. The molecule has 0 amide bonds. The third kappa shape index (κ3) is 1.94. The molecule has 0 aromatic heterocycles. The standard InChI is InChI=1S/C7H16N.FH/c1-3-8(2)6-4-5-7-8;/h3-7H2,1-2H3;1H/q+1;. The lowest BCUT2D eigenvalue weighted by molar-refractivity contribution is -0.895. The van der Waals surface area contributed by atoms with Crippen LogP contribution in [0.15, 0.2) is 0 Å². The van der Waals surface area contributed by atoms with E-state index in [0.717, 1.165) is 0 Å². The van der Waals surface area contributed by atoms with Crippen molar-refractivity contribution in [3.63, 3.8) is 0 Å². The van der Waals surface area contributed by atoms with Gasteiger partial charge in [-0.05, 0) is 6.92 Å². The van der Waals surface area contributed by atoms with Crippen molar-refractivity contribution in [1.29, 1.82) is 0 Å². The maximum atomic E-state index is 2.35. The highest BCUT2D eigenvalue weighted by Gasteiger charge is 2.23. The molecular formula is C7H17FN+. The van der Waals surface area contributed by atoms with Crippen molar-refractivity contribution in [1.82, 2.24) is 0 Å². The Morgan fingerprint density at radius 1 is 1.22 bits per heavy atom. The molecule has 9 heavy (non-hydrogen) atoms. The van der Waals surface area contributed by atoms with Crippen LogP contribution < -0.4 is 0 Å². The molecule has 1 aliphatic rings. The number of nitrogens with zero attached hydrogens (tertiary/aromatic N) is 1. The summed E-state index contributed by atoms with van der Waals surface area (Å²) in [6, 6.07) is 0. The Kier molecular flexibility index (Phi) is 3.12. The average Bonchev–Trinajstić information content (AvgIpc) is 2.17. The van der Waals surface area contributed by atoms with Gasteiger partial charge in [-0.2, -0.15) is 0 Å². The van der Waals surface area contributed by atoms with Crippen molar-refractivity contribution in [3.8, 4) is 0 Å². The first-order chi connectivity index (χ1) is 3.77. The quantitative estimate of drug-likeness (QED) is 0.475. The molecule has 56 valence electrons. The van der Waals surface area contributed by atoms with E-state index in [0.29, 0.717) is 0 Å². The van der Waals surface area contributed by atoms with E-state index in [1.807, 2.05) is 0 Å². The van der Waals surface area contributed by atoms with Gasteiger partial charge in [0.25, 0.3) is 0 Å². The summed E-state index contributed by atoms with van der Waals surface area (Å²) in [5.74, 6) is 0. The first-order valence-corrected chi connectivity index (χ1v) is 3.60. The number of likely N-dealkylation sites (tertiary alicyclic amines) is 1. The molecular weight excluding hydrogens is 117 g/mol. The monoisotopic (exact) mass is 134 g/mol. The van der Waals surface area contributed by atoms with Crippen LogP contribution in [0.2, 0.25) is 0 Å². The summed E-state index contributed by atoms with van der Waals surface area (Å²) < 4.78 is 1.32. The van der Waals surface area contributed by atoms with Gasteiger partial charge in [-0.3, -0.25) is 4.70 Å². The van der Waals surface area contributed by atoms with Crippen LogP contribution in [0.5, 0.6) is 0 Å². The van der Waals surface area contributed by atoms with Crippen LogP contribution in [0, 0.1) is 0 Å². The van der Waals surface area contributed by atoms with E-state index in [1.165, 1.54) is 37.0 Å². The molecule has 1 fully saturated rings. The SMILES string of the molecule is CC[N+]1(C)CCCC1.F. The minimum absolute atomic E-state index is 0. The number of quaternary nitrogens is 1. The molecule has 0 unspecified atom stereocenters. The molecule has 1 nitrogen and oxygen atoms in total. The van der Waals surface area contributed by atoms with Crippen LogP contribution in [0.3, 0.4) is 0 Å². The molecule has 0 radical (unpaired) electrons. The van der Waals surface area contributed by atoms with Gasteiger partial charge in [0.15, 0.2) is 0 Å². The molecule has 0 atom stereocenters. The maximum Gasteiger partial charge on any atom is 0.0786 e. The van der Waals surface area contributed by atoms with E-state index in [2.05, 4.69) is 14.0 Å². The van der Waals surface area contributed by atoms with Crippen LogP contribution in [-0.4, -0.2) is 31.2 Å². The molecule has 1 rings (SSSR count). The van der Waals surface area contributed by atoms with Crippen LogP contribution in [0.25, 0.3) is 0 Å². The van der Waals surface area contributed by atoms with E-state index in [4.69, 9.17) is 0 Å². The van der Waals surface area contributed by atoms with Crippen molar-refractivity contribution in [2.75, 3.05) is 26.7 Å². The Bertz CT molecular complexity index is 77.0. The Hall–Kier alpha value is -0.110. The highest BCUT2D eigenvalue weighted by Crippen LogP contribution is 2.14. The molecule has 0 N–H and O–H groups in total. The Morgan fingerprint density at radius 2 is 1.67 bits per heavy atom. The lowest BCUT2D eigenvalue weighted by atomic mass is 10.4. The number of hydrogen-bond donors (Lipinski definition) is 0. The van der Waals surface area contributed by atoms with Crippen molar-refractivity contribution in [2.24, 2.45) is 0 Å². The average molecular weight is 134 g/mol. The Labute approximate surface area is 56.6 Å². The lowest BCUT2D eigenvalue weighted by Crippen LogP contribution is -2.40. The van der Waals surface area contributed by atoms with Gasteiger partial charge < -0.3 is 4.48 Å². The minimum atomic E-state index is 0. The maximum absolute atomic E-state index is 2.35. The summed E-state index contributed by atoms with van der Waals surface area (Å²) in [5.41, 5.74) is 0. The molecule has 2 heteroatoms. The van der Waals surface area contributed by atoms with E-state index < -0.39 is 0 Å². The normalized spacial score (nSPS) is 23.3. The summed E-state index contributed by atoms with van der Waals surface area (Å²) in [5, 5.41) is 0.